The lowest BCUT2D eigenvalue weighted by atomic mass is 9.86. The van der Waals surface area contributed by atoms with Crippen molar-refractivity contribution in [2.75, 3.05) is 0 Å². The van der Waals surface area contributed by atoms with Crippen LogP contribution in [0.4, 0.5) is 0 Å². The fourth-order valence-electron chi connectivity index (χ4n) is 2.30. The maximum Gasteiger partial charge on any atom is -0.0391 e. The van der Waals surface area contributed by atoms with E-state index < -0.39 is 0 Å². The summed E-state index contributed by atoms with van der Waals surface area (Å²) < 4.78 is 0. The fraction of sp³-hybridized carbons (Fsp3) is 1.00. The topological polar surface area (TPSA) is 0 Å². The summed E-state index contributed by atoms with van der Waals surface area (Å²) in [5.74, 6) is 1.89. The Morgan fingerprint density at radius 3 is 1.60 bits per heavy atom. The quantitative estimate of drug-likeness (QED) is 0.401. The Balaban J connectivity index is 3.54. The number of unbranched alkanes of at least 4 members (excludes halogenated alkanes) is 5. The molecule has 0 spiro atoms. The van der Waals surface area contributed by atoms with E-state index in [1.54, 1.807) is 0 Å². The molecule has 0 aliphatic heterocycles. The minimum atomic E-state index is 0.892. The van der Waals surface area contributed by atoms with Crippen LogP contribution in [-0.2, 0) is 0 Å². The molecule has 92 valence electrons. The predicted octanol–water partition coefficient (Wildman–Crippen LogP) is 5.81. The van der Waals surface area contributed by atoms with Crippen molar-refractivity contribution in [3.63, 3.8) is 0 Å². The molecule has 0 aliphatic rings. The van der Waals surface area contributed by atoms with E-state index in [0.29, 0.717) is 0 Å². The lowest BCUT2D eigenvalue weighted by Gasteiger charge is -2.20. The number of rotatable bonds is 10. The van der Waals surface area contributed by atoms with E-state index >= 15 is 0 Å². The van der Waals surface area contributed by atoms with Crippen LogP contribution in [0.2, 0.25) is 0 Å². The van der Waals surface area contributed by atoms with Crippen LogP contribution in [0.3, 0.4) is 0 Å². The van der Waals surface area contributed by atoms with E-state index in [-0.39, 0.29) is 0 Å². The molecule has 0 heteroatoms. The van der Waals surface area contributed by atoms with Crippen molar-refractivity contribution in [2.24, 2.45) is 11.8 Å². The first-order valence-electron chi connectivity index (χ1n) is 7.22. The average molecular weight is 212 g/mol. The minimum absolute atomic E-state index is 0.892. The molecule has 0 aliphatic carbocycles. The zero-order valence-electron chi connectivity index (χ0n) is 11.5. The summed E-state index contributed by atoms with van der Waals surface area (Å²) in [5, 5.41) is 0. The third-order valence-corrected chi connectivity index (χ3v) is 3.55. The lowest BCUT2D eigenvalue weighted by molar-refractivity contribution is 0.314. The Bertz CT molecular complexity index is 115. The highest BCUT2D eigenvalue weighted by Gasteiger charge is 2.12. The van der Waals surface area contributed by atoms with Crippen LogP contribution < -0.4 is 0 Å². The molecule has 0 bridgehead atoms. The normalized spacial score (nSPS) is 13.4. The van der Waals surface area contributed by atoms with Gasteiger partial charge in [-0.1, -0.05) is 85.5 Å². The van der Waals surface area contributed by atoms with Crippen molar-refractivity contribution in [2.45, 2.75) is 85.5 Å². The van der Waals surface area contributed by atoms with Crippen LogP contribution in [-0.4, -0.2) is 0 Å². The maximum atomic E-state index is 2.40. The Morgan fingerprint density at radius 2 is 1.13 bits per heavy atom. The first kappa shape index (κ1) is 15.0. The molecular weight excluding hydrogens is 180 g/mol. The summed E-state index contributed by atoms with van der Waals surface area (Å²) in [5.41, 5.74) is 0. The van der Waals surface area contributed by atoms with Gasteiger partial charge in [-0.05, 0) is 11.8 Å². The van der Waals surface area contributed by atoms with Gasteiger partial charge in [-0.3, -0.25) is 0 Å². The highest BCUT2D eigenvalue weighted by molar-refractivity contribution is 4.63. The minimum Gasteiger partial charge on any atom is -0.0654 e. The number of hydrogen-bond donors (Lipinski definition) is 0. The second kappa shape index (κ2) is 10.5. The molecule has 0 nitrogen and oxygen atoms in total. The van der Waals surface area contributed by atoms with Gasteiger partial charge in [0, 0.05) is 0 Å². The SMILES string of the molecule is CCCCCCC(CCCCC)C(C)C. The molecule has 0 radical (unpaired) electrons. The highest BCUT2D eigenvalue weighted by atomic mass is 14.2. The number of hydrogen-bond acceptors (Lipinski definition) is 0. The van der Waals surface area contributed by atoms with Crippen molar-refractivity contribution in [1.82, 2.24) is 0 Å². The zero-order chi connectivity index (χ0) is 11.5. The summed E-state index contributed by atoms with van der Waals surface area (Å²) in [6, 6.07) is 0. The van der Waals surface area contributed by atoms with Crippen molar-refractivity contribution in [1.29, 1.82) is 0 Å². The molecule has 0 saturated heterocycles. The van der Waals surface area contributed by atoms with Crippen molar-refractivity contribution in [3.8, 4) is 0 Å². The summed E-state index contributed by atoms with van der Waals surface area (Å²) in [7, 11) is 0. The van der Waals surface area contributed by atoms with Crippen LogP contribution in [0.1, 0.15) is 85.5 Å². The predicted molar refractivity (Wildman–Crippen MR) is 71.2 cm³/mol. The Morgan fingerprint density at radius 1 is 0.667 bits per heavy atom. The van der Waals surface area contributed by atoms with E-state index in [4.69, 9.17) is 0 Å². The van der Waals surface area contributed by atoms with Gasteiger partial charge >= 0.3 is 0 Å². The van der Waals surface area contributed by atoms with E-state index in [0.717, 1.165) is 11.8 Å². The van der Waals surface area contributed by atoms with Gasteiger partial charge in [0.1, 0.15) is 0 Å². The molecule has 0 aromatic heterocycles. The van der Waals surface area contributed by atoms with Crippen molar-refractivity contribution in [3.05, 3.63) is 0 Å². The van der Waals surface area contributed by atoms with Gasteiger partial charge in [0.05, 0.1) is 0 Å². The molecule has 0 aromatic rings. The molecule has 0 aromatic carbocycles. The van der Waals surface area contributed by atoms with Gasteiger partial charge in [0.2, 0.25) is 0 Å². The smallest absolute Gasteiger partial charge is 0.0391 e. The molecule has 0 saturated carbocycles. The molecule has 1 unspecified atom stereocenters. The standard InChI is InChI=1S/C15H32/c1-5-7-9-11-13-15(14(3)4)12-10-8-6-2/h14-15H,5-13H2,1-4H3. The van der Waals surface area contributed by atoms with Gasteiger partial charge in [-0.2, -0.15) is 0 Å². The molecule has 0 fully saturated rings. The van der Waals surface area contributed by atoms with Gasteiger partial charge in [-0.15, -0.1) is 0 Å². The Kier molecular flexibility index (Phi) is 10.5. The van der Waals surface area contributed by atoms with Gasteiger partial charge in [0.25, 0.3) is 0 Å². The fourth-order valence-corrected chi connectivity index (χ4v) is 2.30. The van der Waals surface area contributed by atoms with Crippen LogP contribution in [0.25, 0.3) is 0 Å². The molecular formula is C15H32. The van der Waals surface area contributed by atoms with E-state index in [2.05, 4.69) is 27.7 Å². The monoisotopic (exact) mass is 212 g/mol. The maximum absolute atomic E-state index is 2.40. The van der Waals surface area contributed by atoms with Crippen LogP contribution >= 0.6 is 0 Å². The van der Waals surface area contributed by atoms with Gasteiger partial charge in [0.15, 0.2) is 0 Å². The van der Waals surface area contributed by atoms with E-state index in [9.17, 15) is 0 Å². The molecule has 15 heavy (non-hydrogen) atoms. The lowest BCUT2D eigenvalue weighted by Crippen LogP contribution is -2.08. The molecule has 0 rings (SSSR count). The largest absolute Gasteiger partial charge is 0.0654 e. The average Bonchev–Trinajstić information content (AvgIpc) is 2.21. The van der Waals surface area contributed by atoms with Crippen LogP contribution in [0, 0.1) is 11.8 Å². The molecule has 1 atom stereocenters. The van der Waals surface area contributed by atoms with Crippen LogP contribution in [0.5, 0.6) is 0 Å². The van der Waals surface area contributed by atoms with Crippen LogP contribution in [0.15, 0.2) is 0 Å². The zero-order valence-corrected chi connectivity index (χ0v) is 11.5. The van der Waals surface area contributed by atoms with E-state index in [1.165, 1.54) is 57.8 Å². The first-order chi connectivity index (χ1) is 7.22. The first-order valence-corrected chi connectivity index (χ1v) is 7.22. The third kappa shape index (κ3) is 8.96. The summed E-state index contributed by atoms with van der Waals surface area (Å²) in [6.45, 7) is 9.39. The second-order valence-corrected chi connectivity index (χ2v) is 5.35. The molecule has 0 amide bonds. The summed E-state index contributed by atoms with van der Waals surface area (Å²) in [6.07, 6.45) is 12.9. The Labute approximate surface area is 97.8 Å². The van der Waals surface area contributed by atoms with E-state index in [1.807, 2.05) is 0 Å². The Hall–Kier alpha value is 0. The summed E-state index contributed by atoms with van der Waals surface area (Å²) in [4.78, 5) is 0. The van der Waals surface area contributed by atoms with Crippen molar-refractivity contribution >= 4 is 0 Å². The van der Waals surface area contributed by atoms with Gasteiger partial charge in [-0.25, -0.2) is 0 Å². The molecule has 0 heterocycles. The third-order valence-electron chi connectivity index (χ3n) is 3.55. The van der Waals surface area contributed by atoms with Crippen molar-refractivity contribution < 1.29 is 0 Å². The highest BCUT2D eigenvalue weighted by Crippen LogP contribution is 2.24. The summed E-state index contributed by atoms with van der Waals surface area (Å²) >= 11 is 0. The second-order valence-electron chi connectivity index (χ2n) is 5.35. The molecule has 0 N–H and O–H groups in total. The van der Waals surface area contributed by atoms with Gasteiger partial charge < -0.3 is 0 Å².